The SMILES string of the molecule is CC(Cc1ccc(S(C)(=O)=O)cc1)C(C)NCCCCN1CCCN(S(=O)(=O)CCN)CC1=O. The predicted octanol–water partition coefficient (Wildman–Crippen LogP) is 0.850. The molecule has 0 aliphatic carbocycles. The molecule has 0 spiro atoms. The van der Waals surface area contributed by atoms with Crippen molar-refractivity contribution in [2.75, 3.05) is 51.3 Å². The Bertz CT molecular complexity index is 997. The van der Waals surface area contributed by atoms with Gasteiger partial charge in [0.05, 0.1) is 17.2 Å². The second kappa shape index (κ2) is 13.0. The number of amides is 1. The standard InChI is InChI=1S/C23H40N4O5S2/c1-19(17-21-7-9-22(10-8-21)33(3,29)30)20(2)25-12-4-5-13-26-14-6-15-27(18-23(26)28)34(31,32)16-11-24/h7-10,19-20,25H,4-6,11-18,24H2,1-3H3. The van der Waals surface area contributed by atoms with E-state index in [9.17, 15) is 21.6 Å². The number of unbranched alkanes of at least 4 members (excludes halogenated alkanes) is 1. The zero-order valence-electron chi connectivity index (χ0n) is 20.6. The van der Waals surface area contributed by atoms with Gasteiger partial charge in [-0.15, -0.1) is 0 Å². The summed E-state index contributed by atoms with van der Waals surface area (Å²) in [5.41, 5.74) is 6.49. The van der Waals surface area contributed by atoms with Crippen molar-refractivity contribution in [3.05, 3.63) is 29.8 Å². The summed E-state index contributed by atoms with van der Waals surface area (Å²) in [6.07, 6.45) is 4.46. The average Bonchev–Trinajstić information content (AvgIpc) is 2.95. The highest BCUT2D eigenvalue weighted by atomic mass is 32.2. The van der Waals surface area contributed by atoms with Crippen LogP contribution in [0.15, 0.2) is 29.2 Å². The molecule has 2 rings (SSSR count). The van der Waals surface area contributed by atoms with Crippen LogP contribution in [-0.4, -0.2) is 89.3 Å². The fourth-order valence-electron chi connectivity index (χ4n) is 4.02. The van der Waals surface area contributed by atoms with Gasteiger partial charge < -0.3 is 16.0 Å². The molecule has 1 heterocycles. The van der Waals surface area contributed by atoms with Crippen LogP contribution in [0.5, 0.6) is 0 Å². The maximum Gasteiger partial charge on any atom is 0.237 e. The minimum absolute atomic E-state index is 0.0518. The number of sulfone groups is 1. The first-order valence-electron chi connectivity index (χ1n) is 11.9. The molecule has 2 unspecified atom stereocenters. The molecule has 34 heavy (non-hydrogen) atoms. The van der Waals surface area contributed by atoms with E-state index in [1.54, 1.807) is 17.0 Å². The summed E-state index contributed by atoms with van der Waals surface area (Å²) < 4.78 is 48.9. The number of nitrogens with zero attached hydrogens (tertiary/aromatic N) is 2. The van der Waals surface area contributed by atoms with E-state index < -0.39 is 19.9 Å². The Labute approximate surface area is 205 Å². The molecule has 3 N–H and O–H groups in total. The third-order valence-corrected chi connectivity index (χ3v) is 9.33. The van der Waals surface area contributed by atoms with Crippen molar-refractivity contribution < 1.29 is 21.6 Å². The number of rotatable bonds is 13. The molecular formula is C23H40N4O5S2. The van der Waals surface area contributed by atoms with E-state index in [1.807, 2.05) is 12.1 Å². The molecule has 1 aliphatic heterocycles. The smallest absolute Gasteiger partial charge is 0.237 e. The molecule has 0 radical (unpaired) electrons. The van der Waals surface area contributed by atoms with Crippen LogP contribution in [-0.2, 0) is 31.1 Å². The zero-order valence-corrected chi connectivity index (χ0v) is 22.2. The Morgan fingerprint density at radius 1 is 1.06 bits per heavy atom. The molecule has 1 saturated heterocycles. The third-order valence-electron chi connectivity index (χ3n) is 6.35. The summed E-state index contributed by atoms with van der Waals surface area (Å²) in [6.45, 7) is 6.66. The Balaban J connectivity index is 1.70. The van der Waals surface area contributed by atoms with Gasteiger partial charge in [0.2, 0.25) is 15.9 Å². The number of nitrogens with one attached hydrogen (secondary N) is 1. The average molecular weight is 517 g/mol. The lowest BCUT2D eigenvalue weighted by atomic mass is 9.95. The fourth-order valence-corrected chi connectivity index (χ4v) is 5.93. The minimum Gasteiger partial charge on any atom is -0.342 e. The molecule has 1 amide bonds. The lowest BCUT2D eigenvalue weighted by molar-refractivity contribution is -0.130. The fraction of sp³-hybridized carbons (Fsp3) is 0.696. The predicted molar refractivity (Wildman–Crippen MR) is 135 cm³/mol. The molecular weight excluding hydrogens is 476 g/mol. The number of nitrogens with two attached hydrogens (primary N) is 1. The lowest BCUT2D eigenvalue weighted by Gasteiger charge is -2.23. The Kier molecular flexibility index (Phi) is 10.9. The molecule has 0 aromatic heterocycles. The summed E-state index contributed by atoms with van der Waals surface area (Å²) in [5, 5.41) is 3.54. The summed E-state index contributed by atoms with van der Waals surface area (Å²) in [5.74, 6) is 0.0989. The Morgan fingerprint density at radius 3 is 2.35 bits per heavy atom. The maximum absolute atomic E-state index is 12.5. The number of carbonyl (C=O) groups excluding carboxylic acids is 1. The summed E-state index contributed by atoms with van der Waals surface area (Å²) in [6, 6.07) is 7.36. The number of benzene rings is 1. The van der Waals surface area contributed by atoms with Gasteiger partial charge in [-0.1, -0.05) is 19.1 Å². The number of carbonyl (C=O) groups is 1. The highest BCUT2D eigenvalue weighted by Crippen LogP contribution is 2.16. The largest absolute Gasteiger partial charge is 0.342 e. The second-order valence-electron chi connectivity index (χ2n) is 9.22. The molecule has 0 bridgehead atoms. The van der Waals surface area contributed by atoms with Crippen LogP contribution in [0.3, 0.4) is 0 Å². The van der Waals surface area contributed by atoms with E-state index in [-0.39, 0.29) is 30.8 Å². The lowest BCUT2D eigenvalue weighted by Crippen LogP contribution is -2.41. The van der Waals surface area contributed by atoms with E-state index in [0.29, 0.717) is 36.9 Å². The zero-order chi connectivity index (χ0) is 25.4. The summed E-state index contributed by atoms with van der Waals surface area (Å²) >= 11 is 0. The van der Waals surface area contributed by atoms with Crippen LogP contribution in [0.4, 0.5) is 0 Å². The van der Waals surface area contributed by atoms with Gasteiger partial charge in [-0.25, -0.2) is 16.8 Å². The molecule has 1 aromatic carbocycles. The third kappa shape index (κ3) is 8.92. The van der Waals surface area contributed by atoms with Gasteiger partial charge >= 0.3 is 0 Å². The Hall–Kier alpha value is -1.53. The van der Waals surface area contributed by atoms with Crippen LogP contribution < -0.4 is 11.1 Å². The number of hydrogen-bond donors (Lipinski definition) is 2. The van der Waals surface area contributed by atoms with Crippen molar-refractivity contribution in [3.63, 3.8) is 0 Å². The monoisotopic (exact) mass is 516 g/mol. The highest BCUT2D eigenvalue weighted by molar-refractivity contribution is 7.90. The molecule has 1 aliphatic rings. The van der Waals surface area contributed by atoms with E-state index in [4.69, 9.17) is 5.73 Å². The van der Waals surface area contributed by atoms with Crippen molar-refractivity contribution in [2.24, 2.45) is 11.7 Å². The van der Waals surface area contributed by atoms with E-state index >= 15 is 0 Å². The molecule has 11 heteroatoms. The van der Waals surface area contributed by atoms with Crippen LogP contribution in [0.2, 0.25) is 0 Å². The van der Waals surface area contributed by atoms with E-state index in [2.05, 4.69) is 19.2 Å². The molecule has 1 fully saturated rings. The van der Waals surface area contributed by atoms with Gasteiger partial charge in [0, 0.05) is 38.5 Å². The molecule has 0 saturated carbocycles. The van der Waals surface area contributed by atoms with Gasteiger partial charge in [0.1, 0.15) is 0 Å². The van der Waals surface area contributed by atoms with Crippen molar-refractivity contribution in [3.8, 4) is 0 Å². The molecule has 194 valence electrons. The topological polar surface area (TPSA) is 130 Å². The van der Waals surface area contributed by atoms with Crippen LogP contribution >= 0.6 is 0 Å². The summed E-state index contributed by atoms with van der Waals surface area (Å²) in [7, 11) is -6.65. The van der Waals surface area contributed by atoms with Crippen molar-refractivity contribution in [2.45, 2.75) is 50.5 Å². The first kappa shape index (κ1) is 28.7. The van der Waals surface area contributed by atoms with Crippen LogP contribution in [0, 0.1) is 5.92 Å². The van der Waals surface area contributed by atoms with Gasteiger partial charge in [-0.2, -0.15) is 4.31 Å². The van der Waals surface area contributed by atoms with E-state index in [1.165, 1.54) is 10.6 Å². The first-order valence-corrected chi connectivity index (χ1v) is 15.4. The summed E-state index contributed by atoms with van der Waals surface area (Å²) in [4.78, 5) is 14.6. The molecule has 1 aromatic rings. The first-order chi connectivity index (χ1) is 15.9. The normalized spacial score (nSPS) is 18.0. The molecule has 2 atom stereocenters. The second-order valence-corrected chi connectivity index (χ2v) is 13.3. The Morgan fingerprint density at radius 2 is 1.74 bits per heavy atom. The number of sulfonamides is 1. The van der Waals surface area contributed by atoms with Gasteiger partial charge in [-0.3, -0.25) is 4.79 Å². The van der Waals surface area contributed by atoms with Gasteiger partial charge in [-0.05, 0) is 62.8 Å². The van der Waals surface area contributed by atoms with E-state index in [0.717, 1.165) is 31.4 Å². The quantitative estimate of drug-likeness (QED) is 0.372. The van der Waals surface area contributed by atoms with Crippen molar-refractivity contribution in [1.29, 1.82) is 0 Å². The maximum atomic E-state index is 12.5. The van der Waals surface area contributed by atoms with Crippen LogP contribution in [0.1, 0.15) is 38.7 Å². The minimum atomic E-state index is -3.47. The van der Waals surface area contributed by atoms with Crippen molar-refractivity contribution >= 4 is 25.8 Å². The van der Waals surface area contributed by atoms with Gasteiger partial charge in [0.25, 0.3) is 0 Å². The van der Waals surface area contributed by atoms with Gasteiger partial charge in [0.15, 0.2) is 9.84 Å². The number of hydrogen-bond acceptors (Lipinski definition) is 7. The highest BCUT2D eigenvalue weighted by Gasteiger charge is 2.28. The van der Waals surface area contributed by atoms with Crippen LogP contribution in [0.25, 0.3) is 0 Å². The molecule has 9 nitrogen and oxygen atoms in total. The van der Waals surface area contributed by atoms with Crippen molar-refractivity contribution in [1.82, 2.24) is 14.5 Å².